The van der Waals surface area contributed by atoms with Gasteiger partial charge in [-0.3, -0.25) is 4.79 Å². The first-order valence-corrected chi connectivity index (χ1v) is 6.59. The van der Waals surface area contributed by atoms with Gasteiger partial charge in [0.15, 0.2) is 0 Å². The summed E-state index contributed by atoms with van der Waals surface area (Å²) in [5.41, 5.74) is 0.784. The van der Waals surface area contributed by atoms with E-state index in [2.05, 4.69) is 31.9 Å². The average molecular weight is 353 g/mol. The maximum Gasteiger partial charge on any atom is 0.240 e. The van der Waals surface area contributed by atoms with Crippen LogP contribution in [0.1, 0.15) is 6.42 Å². The van der Waals surface area contributed by atoms with Crippen molar-refractivity contribution in [3.05, 3.63) is 27.7 Å². The first-order chi connectivity index (χ1) is 7.09. The van der Waals surface area contributed by atoms with Crippen molar-refractivity contribution in [1.82, 2.24) is 0 Å². The van der Waals surface area contributed by atoms with Gasteiger partial charge < -0.3 is 4.90 Å². The summed E-state index contributed by atoms with van der Waals surface area (Å²) < 4.78 is 0.915. The van der Waals surface area contributed by atoms with Gasteiger partial charge in [0.1, 0.15) is 0 Å². The van der Waals surface area contributed by atoms with E-state index in [1.165, 1.54) is 0 Å². The number of rotatable bonds is 1. The topological polar surface area (TPSA) is 20.3 Å². The summed E-state index contributed by atoms with van der Waals surface area (Å²) in [7, 11) is 0. The molecular weight excluding hydrogens is 345 g/mol. The smallest absolute Gasteiger partial charge is 0.240 e. The summed E-state index contributed by atoms with van der Waals surface area (Å²) in [6, 6.07) is 5.54. The number of anilines is 1. The quantitative estimate of drug-likeness (QED) is 0.707. The highest BCUT2D eigenvalue weighted by Crippen LogP contribution is 2.33. The molecule has 0 saturated carbocycles. The predicted octanol–water partition coefficient (Wildman–Crippen LogP) is 3.60. The van der Waals surface area contributed by atoms with Crippen molar-refractivity contribution in [1.29, 1.82) is 0 Å². The minimum atomic E-state index is -0.0720. The van der Waals surface area contributed by atoms with E-state index >= 15 is 0 Å². The molecule has 1 aromatic carbocycles. The van der Waals surface area contributed by atoms with Crippen LogP contribution in [0, 0.1) is 0 Å². The van der Waals surface area contributed by atoms with Gasteiger partial charge >= 0.3 is 0 Å². The number of nitrogens with zero attached hydrogens (tertiary/aromatic N) is 1. The third-order valence-corrected chi connectivity index (χ3v) is 3.99. The van der Waals surface area contributed by atoms with Crippen LogP contribution in [0.2, 0.25) is 5.02 Å². The Labute approximate surface area is 110 Å². The average Bonchev–Trinajstić information content (AvgIpc) is 2.49. The Bertz CT molecular complexity index is 410. The van der Waals surface area contributed by atoms with Crippen molar-refractivity contribution in [2.24, 2.45) is 0 Å². The SMILES string of the molecule is O=C1C(Br)CCN1c1ccc(Br)cc1Cl. The van der Waals surface area contributed by atoms with Gasteiger partial charge in [-0.05, 0) is 24.6 Å². The zero-order valence-electron chi connectivity index (χ0n) is 7.71. The van der Waals surface area contributed by atoms with Crippen molar-refractivity contribution in [2.45, 2.75) is 11.2 Å². The lowest BCUT2D eigenvalue weighted by Gasteiger charge is -2.17. The number of carbonyl (C=O) groups is 1. The molecule has 1 aliphatic heterocycles. The first kappa shape index (κ1) is 11.4. The maximum absolute atomic E-state index is 11.8. The van der Waals surface area contributed by atoms with E-state index < -0.39 is 0 Å². The van der Waals surface area contributed by atoms with Gasteiger partial charge in [-0.15, -0.1) is 0 Å². The van der Waals surface area contributed by atoms with Gasteiger partial charge in [0.05, 0.1) is 15.5 Å². The van der Waals surface area contributed by atoms with Crippen LogP contribution < -0.4 is 4.90 Å². The van der Waals surface area contributed by atoms with Crippen LogP contribution >= 0.6 is 43.5 Å². The van der Waals surface area contributed by atoms with Gasteiger partial charge in [0.2, 0.25) is 5.91 Å². The van der Waals surface area contributed by atoms with E-state index in [1.54, 1.807) is 11.0 Å². The molecule has 0 N–H and O–H groups in total. The van der Waals surface area contributed by atoms with E-state index in [0.29, 0.717) is 5.02 Å². The summed E-state index contributed by atoms with van der Waals surface area (Å²) >= 11 is 12.8. The van der Waals surface area contributed by atoms with E-state index in [-0.39, 0.29) is 10.7 Å². The fraction of sp³-hybridized carbons (Fsp3) is 0.300. The zero-order chi connectivity index (χ0) is 11.0. The molecule has 1 unspecified atom stereocenters. The molecule has 80 valence electrons. The lowest BCUT2D eigenvalue weighted by Crippen LogP contribution is -2.27. The molecule has 0 bridgehead atoms. The number of amides is 1. The molecule has 2 nitrogen and oxygen atoms in total. The van der Waals surface area contributed by atoms with E-state index in [0.717, 1.165) is 23.1 Å². The third kappa shape index (κ3) is 2.22. The fourth-order valence-corrected chi connectivity index (χ4v) is 2.81. The van der Waals surface area contributed by atoms with Gasteiger partial charge in [-0.25, -0.2) is 0 Å². The Kier molecular flexibility index (Phi) is 3.38. The number of benzene rings is 1. The Morgan fingerprint density at radius 1 is 1.47 bits per heavy atom. The van der Waals surface area contributed by atoms with Crippen molar-refractivity contribution in [3.8, 4) is 0 Å². The standard InChI is InChI=1S/C10H8Br2ClNO/c11-6-1-2-9(8(13)5-6)14-4-3-7(12)10(14)15/h1-2,5,7H,3-4H2. The Morgan fingerprint density at radius 2 is 2.20 bits per heavy atom. The summed E-state index contributed by atoms with van der Waals surface area (Å²) in [6.45, 7) is 0.718. The van der Waals surface area contributed by atoms with Gasteiger partial charge in [-0.2, -0.15) is 0 Å². The van der Waals surface area contributed by atoms with E-state index in [1.807, 2.05) is 12.1 Å². The van der Waals surface area contributed by atoms with Crippen LogP contribution in [0.4, 0.5) is 5.69 Å². The molecule has 0 radical (unpaired) electrons. The van der Waals surface area contributed by atoms with Crippen LogP contribution in [0.15, 0.2) is 22.7 Å². The summed E-state index contributed by atoms with van der Waals surface area (Å²) in [4.78, 5) is 13.4. The lowest BCUT2D eigenvalue weighted by molar-refractivity contribution is -0.116. The number of hydrogen-bond acceptors (Lipinski definition) is 1. The molecule has 5 heteroatoms. The fourth-order valence-electron chi connectivity index (χ4n) is 1.58. The zero-order valence-corrected chi connectivity index (χ0v) is 11.6. The highest BCUT2D eigenvalue weighted by molar-refractivity contribution is 9.10. The molecule has 1 heterocycles. The van der Waals surface area contributed by atoms with E-state index in [4.69, 9.17) is 11.6 Å². The molecule has 0 spiro atoms. The Morgan fingerprint density at radius 3 is 2.73 bits per heavy atom. The molecule has 1 amide bonds. The normalized spacial score (nSPS) is 21.1. The highest BCUT2D eigenvalue weighted by Gasteiger charge is 2.31. The summed E-state index contributed by atoms with van der Waals surface area (Å²) in [5.74, 6) is 0.0826. The Hall–Kier alpha value is -0.0600. The maximum atomic E-state index is 11.8. The van der Waals surface area contributed by atoms with Crippen molar-refractivity contribution >= 4 is 55.1 Å². The predicted molar refractivity (Wildman–Crippen MR) is 68.8 cm³/mol. The monoisotopic (exact) mass is 351 g/mol. The minimum Gasteiger partial charge on any atom is -0.310 e. The second-order valence-electron chi connectivity index (χ2n) is 3.34. The Balaban J connectivity index is 2.34. The van der Waals surface area contributed by atoms with Crippen LogP contribution in [-0.4, -0.2) is 17.3 Å². The molecule has 1 atom stereocenters. The molecule has 1 saturated heterocycles. The van der Waals surface area contributed by atoms with Crippen LogP contribution in [0.25, 0.3) is 0 Å². The molecule has 0 aliphatic carbocycles. The van der Waals surface area contributed by atoms with Crippen molar-refractivity contribution in [3.63, 3.8) is 0 Å². The molecule has 15 heavy (non-hydrogen) atoms. The molecule has 2 rings (SSSR count). The van der Waals surface area contributed by atoms with Gasteiger partial charge in [0, 0.05) is 11.0 Å². The van der Waals surface area contributed by atoms with E-state index in [9.17, 15) is 4.79 Å². The second-order valence-corrected chi connectivity index (χ2v) is 5.77. The lowest BCUT2D eigenvalue weighted by atomic mass is 10.3. The molecule has 1 aromatic rings. The summed E-state index contributed by atoms with van der Waals surface area (Å²) in [5, 5.41) is 0.597. The largest absolute Gasteiger partial charge is 0.310 e. The van der Waals surface area contributed by atoms with Crippen molar-refractivity contribution in [2.75, 3.05) is 11.4 Å². The molecule has 1 aliphatic rings. The molecule has 1 fully saturated rings. The minimum absolute atomic E-state index is 0.0720. The van der Waals surface area contributed by atoms with Gasteiger partial charge in [0.25, 0.3) is 0 Å². The van der Waals surface area contributed by atoms with Crippen LogP contribution in [-0.2, 0) is 4.79 Å². The summed E-state index contributed by atoms with van der Waals surface area (Å²) in [6.07, 6.45) is 0.825. The number of carbonyl (C=O) groups excluding carboxylic acids is 1. The number of hydrogen-bond donors (Lipinski definition) is 0. The van der Waals surface area contributed by atoms with Crippen LogP contribution in [0.5, 0.6) is 0 Å². The third-order valence-electron chi connectivity index (χ3n) is 2.34. The molecule has 0 aromatic heterocycles. The van der Waals surface area contributed by atoms with Crippen LogP contribution in [0.3, 0.4) is 0 Å². The highest BCUT2D eigenvalue weighted by atomic mass is 79.9. The number of halogens is 3. The second kappa shape index (κ2) is 4.44. The van der Waals surface area contributed by atoms with Crippen molar-refractivity contribution < 1.29 is 4.79 Å². The molecular formula is C10H8Br2ClNO. The van der Waals surface area contributed by atoms with Gasteiger partial charge in [-0.1, -0.05) is 43.5 Å². The first-order valence-electron chi connectivity index (χ1n) is 4.50. The number of alkyl halides is 1.